The monoisotopic (exact) mass is 510 g/mol. The predicted octanol–water partition coefficient (Wildman–Crippen LogP) is 5.15. The van der Waals surface area contributed by atoms with Crippen molar-refractivity contribution in [2.45, 2.75) is 32.1 Å². The fraction of sp³-hybridized carbons (Fsp3) is 0.273. The number of hydrogen-bond acceptors (Lipinski definition) is 6. The first kappa shape index (κ1) is 24.0. The van der Waals surface area contributed by atoms with Gasteiger partial charge in [-0.3, -0.25) is 4.79 Å². The zero-order valence-electron chi connectivity index (χ0n) is 17.8. The smallest absolute Gasteiger partial charge is 0.399 e. The summed E-state index contributed by atoms with van der Waals surface area (Å²) in [5.74, 6) is 0.0165. The molecule has 0 saturated heterocycles. The highest BCUT2D eigenvalue weighted by Gasteiger charge is 2.32. The third-order valence-corrected chi connectivity index (χ3v) is 5.79. The van der Waals surface area contributed by atoms with Crippen molar-refractivity contribution in [2.24, 2.45) is 0 Å². The van der Waals surface area contributed by atoms with Gasteiger partial charge < -0.3 is 16.0 Å². The Bertz CT molecular complexity index is 1250. The number of benzene rings is 1. The summed E-state index contributed by atoms with van der Waals surface area (Å²) in [7, 11) is 0. The highest BCUT2D eigenvalue weighted by molar-refractivity contribution is 6.29. The van der Waals surface area contributed by atoms with Gasteiger partial charge in [0.05, 0.1) is 23.8 Å². The van der Waals surface area contributed by atoms with Crippen molar-refractivity contribution in [2.75, 3.05) is 17.6 Å². The second-order valence-corrected chi connectivity index (χ2v) is 8.57. The lowest BCUT2D eigenvalue weighted by Gasteiger charge is -2.30. The van der Waals surface area contributed by atoms with E-state index in [9.17, 15) is 18.0 Å². The highest BCUT2D eigenvalue weighted by Crippen LogP contribution is 2.34. The molecule has 12 heteroatoms. The van der Waals surface area contributed by atoms with Crippen LogP contribution in [0, 0.1) is 0 Å². The van der Waals surface area contributed by atoms with Gasteiger partial charge >= 0.3 is 6.18 Å². The number of halogens is 5. The summed E-state index contributed by atoms with van der Waals surface area (Å²) in [5.41, 5.74) is 6.66. The van der Waals surface area contributed by atoms with Crippen LogP contribution in [0.3, 0.4) is 0 Å². The van der Waals surface area contributed by atoms with Crippen molar-refractivity contribution in [3.05, 3.63) is 74.9 Å². The number of nitrogens with two attached hydrogens (primary N) is 1. The van der Waals surface area contributed by atoms with Crippen LogP contribution < -0.4 is 11.1 Å². The van der Waals surface area contributed by atoms with Gasteiger partial charge in [0.1, 0.15) is 16.7 Å². The third-order valence-electron chi connectivity index (χ3n) is 5.41. The van der Waals surface area contributed by atoms with Crippen LogP contribution >= 0.6 is 23.2 Å². The number of anilines is 2. The molecule has 1 aliphatic rings. The van der Waals surface area contributed by atoms with E-state index in [1.54, 1.807) is 30.0 Å². The van der Waals surface area contributed by atoms with Crippen LogP contribution in [-0.4, -0.2) is 32.3 Å². The summed E-state index contributed by atoms with van der Waals surface area (Å²) >= 11 is 12.0. The molecule has 1 aromatic carbocycles. The second-order valence-electron chi connectivity index (χ2n) is 7.84. The molecule has 0 aliphatic carbocycles. The fourth-order valence-corrected chi connectivity index (χ4v) is 4.10. The summed E-state index contributed by atoms with van der Waals surface area (Å²) < 4.78 is 39.7. The van der Waals surface area contributed by atoms with E-state index in [-0.39, 0.29) is 34.3 Å². The fourth-order valence-electron chi connectivity index (χ4n) is 3.74. The molecule has 178 valence electrons. The van der Waals surface area contributed by atoms with E-state index in [0.29, 0.717) is 35.6 Å². The highest BCUT2D eigenvalue weighted by atomic mass is 35.5. The second kappa shape index (κ2) is 9.27. The molecule has 3 heterocycles. The molecule has 4 rings (SSSR count). The Morgan fingerprint density at radius 1 is 1.18 bits per heavy atom. The number of nitrogens with zero attached hydrogens (tertiary/aromatic N) is 4. The Kier molecular flexibility index (Phi) is 6.55. The molecule has 0 saturated carbocycles. The zero-order valence-corrected chi connectivity index (χ0v) is 19.3. The molecule has 1 amide bonds. The topological polar surface area (TPSA) is 97.0 Å². The van der Waals surface area contributed by atoms with E-state index in [1.165, 1.54) is 6.07 Å². The van der Waals surface area contributed by atoms with Crippen LogP contribution in [0.25, 0.3) is 0 Å². The Morgan fingerprint density at radius 2 is 1.94 bits per heavy atom. The Morgan fingerprint density at radius 3 is 2.65 bits per heavy atom. The average Bonchev–Trinajstić information content (AvgIpc) is 2.77. The molecule has 1 aliphatic heterocycles. The van der Waals surface area contributed by atoms with E-state index >= 15 is 0 Å². The number of carbonyl (C=O) groups excluding carboxylic acids is 1. The molecule has 0 spiro atoms. The molecule has 0 fully saturated rings. The molecule has 0 radical (unpaired) electrons. The lowest BCUT2D eigenvalue weighted by Crippen LogP contribution is -2.37. The van der Waals surface area contributed by atoms with Gasteiger partial charge in [0.25, 0.3) is 5.91 Å². The molecule has 0 bridgehead atoms. The van der Waals surface area contributed by atoms with Crippen LogP contribution in [0.5, 0.6) is 0 Å². The summed E-state index contributed by atoms with van der Waals surface area (Å²) in [6.45, 7) is 2.23. The van der Waals surface area contributed by atoms with Crippen LogP contribution in [0.2, 0.25) is 10.4 Å². The molecule has 3 N–H and O–H groups in total. The van der Waals surface area contributed by atoms with Gasteiger partial charge in [-0.25, -0.2) is 15.0 Å². The first-order chi connectivity index (χ1) is 16.0. The number of hydrogen-bond donors (Lipinski definition) is 2. The minimum absolute atomic E-state index is 0.00621. The van der Waals surface area contributed by atoms with Gasteiger partial charge in [-0.2, -0.15) is 13.2 Å². The number of pyridine rings is 1. The van der Waals surface area contributed by atoms with Gasteiger partial charge in [0.2, 0.25) is 5.28 Å². The standard InChI is InChI=1S/C22H19Cl2F3N6O/c1-11(12-7-13(22(25,26)27)9-14(28)8-12)29-19-15-10-33(6-5-16(15)31-21(24)32-19)20(34)17-3-2-4-18(23)30-17/h2-4,7-9,11H,5-6,10,28H2,1H3,(H,29,31,32)/t11-/m1/s1. The summed E-state index contributed by atoms with van der Waals surface area (Å²) in [5, 5.41) is 3.31. The first-order valence-corrected chi connectivity index (χ1v) is 11.0. The van der Waals surface area contributed by atoms with E-state index in [4.69, 9.17) is 28.9 Å². The van der Waals surface area contributed by atoms with Gasteiger partial charge in [0.15, 0.2) is 0 Å². The summed E-state index contributed by atoms with van der Waals surface area (Å²) in [4.78, 5) is 27.1. The average molecular weight is 511 g/mol. The van der Waals surface area contributed by atoms with Crippen molar-refractivity contribution < 1.29 is 18.0 Å². The maximum Gasteiger partial charge on any atom is 0.416 e. The number of aromatic nitrogens is 3. The molecular formula is C22H19Cl2F3N6O. The van der Waals surface area contributed by atoms with Gasteiger partial charge in [0, 0.05) is 24.2 Å². The lowest BCUT2D eigenvalue weighted by molar-refractivity contribution is -0.137. The van der Waals surface area contributed by atoms with E-state index < -0.39 is 17.8 Å². The molecule has 34 heavy (non-hydrogen) atoms. The van der Waals surface area contributed by atoms with Crippen LogP contribution in [-0.2, 0) is 19.1 Å². The number of nitrogen functional groups attached to an aromatic ring is 1. The molecule has 2 aromatic heterocycles. The third kappa shape index (κ3) is 5.18. The quantitative estimate of drug-likeness (QED) is 0.286. The van der Waals surface area contributed by atoms with Crippen LogP contribution in [0.15, 0.2) is 36.4 Å². The van der Waals surface area contributed by atoms with Crippen molar-refractivity contribution in [1.29, 1.82) is 0 Å². The van der Waals surface area contributed by atoms with E-state index in [2.05, 4.69) is 20.3 Å². The summed E-state index contributed by atoms with van der Waals surface area (Å²) in [6, 6.07) is 7.56. The Balaban J connectivity index is 1.62. The zero-order chi connectivity index (χ0) is 24.6. The maximum atomic E-state index is 13.2. The van der Waals surface area contributed by atoms with Gasteiger partial charge in [-0.1, -0.05) is 17.7 Å². The number of alkyl halides is 3. The van der Waals surface area contributed by atoms with Crippen LogP contribution in [0.1, 0.15) is 45.8 Å². The molecule has 3 aromatic rings. The summed E-state index contributed by atoms with van der Waals surface area (Å²) in [6.07, 6.45) is -4.11. The largest absolute Gasteiger partial charge is 0.416 e. The van der Waals surface area contributed by atoms with Crippen molar-refractivity contribution in [3.63, 3.8) is 0 Å². The van der Waals surface area contributed by atoms with Crippen molar-refractivity contribution in [3.8, 4) is 0 Å². The molecule has 0 unspecified atom stereocenters. The lowest BCUT2D eigenvalue weighted by atomic mass is 10.0. The van der Waals surface area contributed by atoms with E-state index in [1.807, 2.05) is 0 Å². The van der Waals surface area contributed by atoms with E-state index in [0.717, 1.165) is 12.1 Å². The minimum atomic E-state index is -4.53. The number of fused-ring (bicyclic) bond motifs is 1. The number of nitrogens with one attached hydrogen (secondary N) is 1. The molecular weight excluding hydrogens is 492 g/mol. The number of rotatable bonds is 4. The van der Waals surface area contributed by atoms with Crippen molar-refractivity contribution >= 4 is 40.6 Å². The van der Waals surface area contributed by atoms with Crippen LogP contribution in [0.4, 0.5) is 24.7 Å². The first-order valence-electron chi connectivity index (χ1n) is 10.2. The number of carbonyl (C=O) groups is 1. The minimum Gasteiger partial charge on any atom is -0.399 e. The Labute approximate surface area is 203 Å². The van der Waals surface area contributed by atoms with Gasteiger partial charge in [-0.15, -0.1) is 0 Å². The van der Waals surface area contributed by atoms with Gasteiger partial charge in [-0.05, 0) is 54.4 Å². The molecule has 1 atom stereocenters. The Hall–Kier alpha value is -3.11. The maximum absolute atomic E-state index is 13.2. The van der Waals surface area contributed by atoms with Crippen molar-refractivity contribution in [1.82, 2.24) is 19.9 Å². The molecule has 7 nitrogen and oxygen atoms in total. The number of amides is 1. The predicted molar refractivity (Wildman–Crippen MR) is 123 cm³/mol. The normalized spacial score (nSPS) is 14.5. The SMILES string of the molecule is C[C@@H](Nc1nc(Cl)nc2c1CN(C(=O)c1cccc(Cl)n1)CC2)c1cc(N)cc(C(F)(F)F)c1.